The topological polar surface area (TPSA) is 62.7 Å². The molecule has 1 saturated heterocycles. The third-order valence-corrected chi connectivity index (χ3v) is 9.90. The Morgan fingerprint density at radius 1 is 0.854 bits per heavy atom. The van der Waals surface area contributed by atoms with Gasteiger partial charge in [0.2, 0.25) is 0 Å². The van der Waals surface area contributed by atoms with Crippen LogP contribution in [-0.4, -0.2) is 46.2 Å². The Morgan fingerprint density at radius 2 is 1.63 bits per heavy atom. The summed E-state index contributed by atoms with van der Waals surface area (Å²) in [6.07, 6.45) is 5.69. The van der Waals surface area contributed by atoms with E-state index in [4.69, 9.17) is 4.74 Å². The molecule has 0 atom stereocenters. The quantitative estimate of drug-likeness (QED) is 0.261. The molecule has 0 amide bonds. The van der Waals surface area contributed by atoms with Gasteiger partial charge in [0.25, 0.3) is 0 Å². The summed E-state index contributed by atoms with van der Waals surface area (Å²) in [6, 6.07) is 28.4. The molecule has 212 valence electrons. The minimum atomic E-state index is -3.30. The number of nitrogens with zero attached hydrogens (tertiary/aromatic N) is 3. The van der Waals surface area contributed by atoms with Crippen LogP contribution in [0.5, 0.6) is 5.75 Å². The number of aryl methyl sites for hydroxylation is 1. The van der Waals surface area contributed by atoms with Crippen molar-refractivity contribution in [2.45, 2.75) is 42.8 Å². The molecule has 1 spiro atoms. The number of benzene rings is 3. The second kappa shape index (κ2) is 11.2. The Labute approximate surface area is 243 Å². The Balaban J connectivity index is 1.09. The molecule has 3 aromatic carbocycles. The molecule has 6 rings (SSSR count). The van der Waals surface area contributed by atoms with Crippen LogP contribution in [0.1, 0.15) is 36.1 Å². The Hall–Kier alpha value is -3.84. The minimum Gasteiger partial charge on any atom is -0.487 e. The summed E-state index contributed by atoms with van der Waals surface area (Å²) in [7, 11) is 0.861. The van der Waals surface area contributed by atoms with Crippen LogP contribution in [-0.2, 0) is 27.8 Å². The molecule has 0 N–H and O–H groups in total. The van der Waals surface area contributed by atoms with E-state index >= 15 is 0 Å². The van der Waals surface area contributed by atoms with Crippen molar-refractivity contribution in [3.8, 4) is 16.9 Å². The van der Waals surface area contributed by atoms with Crippen LogP contribution in [0.4, 0.5) is 11.4 Å². The SMILES string of the molecule is CN(C)c1cccc(N2CCC3(CCc4cc(-c5ccc(CS(=O)(=O)Cc6ccccn6)cc5)ccc4O3)CC2)c1. The van der Waals surface area contributed by atoms with Gasteiger partial charge in [0, 0.05) is 57.6 Å². The lowest BCUT2D eigenvalue weighted by atomic mass is 9.82. The van der Waals surface area contributed by atoms with E-state index < -0.39 is 9.84 Å². The van der Waals surface area contributed by atoms with Gasteiger partial charge in [-0.1, -0.05) is 42.5 Å². The number of ether oxygens (including phenoxy) is 1. The van der Waals surface area contributed by atoms with Gasteiger partial charge in [-0.25, -0.2) is 8.42 Å². The molecule has 0 saturated carbocycles. The molecule has 1 fully saturated rings. The van der Waals surface area contributed by atoms with Gasteiger partial charge in [-0.3, -0.25) is 4.98 Å². The lowest BCUT2D eigenvalue weighted by Crippen LogP contribution is -2.49. The maximum atomic E-state index is 12.7. The number of aromatic nitrogens is 1. The second-order valence-electron chi connectivity index (χ2n) is 11.6. The van der Waals surface area contributed by atoms with Gasteiger partial charge in [0.1, 0.15) is 11.4 Å². The minimum absolute atomic E-state index is 0.00246. The Bertz CT molecular complexity index is 1610. The average Bonchev–Trinajstić information content (AvgIpc) is 2.98. The monoisotopic (exact) mass is 567 g/mol. The van der Waals surface area contributed by atoms with Crippen LogP contribution in [0.3, 0.4) is 0 Å². The van der Waals surface area contributed by atoms with Gasteiger partial charge >= 0.3 is 0 Å². The van der Waals surface area contributed by atoms with Crippen LogP contribution >= 0.6 is 0 Å². The predicted octanol–water partition coefficient (Wildman–Crippen LogP) is 6.29. The van der Waals surface area contributed by atoms with E-state index in [0.29, 0.717) is 5.69 Å². The van der Waals surface area contributed by atoms with Gasteiger partial charge in [0.05, 0.1) is 17.2 Å². The highest BCUT2D eigenvalue weighted by atomic mass is 32.2. The summed E-state index contributed by atoms with van der Waals surface area (Å²) in [6.45, 7) is 1.99. The van der Waals surface area contributed by atoms with Crippen molar-refractivity contribution in [3.05, 3.63) is 108 Å². The first-order chi connectivity index (χ1) is 19.8. The van der Waals surface area contributed by atoms with Crippen molar-refractivity contribution < 1.29 is 13.2 Å². The Kier molecular flexibility index (Phi) is 7.47. The van der Waals surface area contributed by atoms with Crippen LogP contribution in [0.15, 0.2) is 91.1 Å². The fourth-order valence-electron chi connectivity index (χ4n) is 6.00. The van der Waals surface area contributed by atoms with Crippen LogP contribution < -0.4 is 14.5 Å². The summed E-state index contributed by atoms with van der Waals surface area (Å²) >= 11 is 0. The highest BCUT2D eigenvalue weighted by molar-refractivity contribution is 7.89. The maximum absolute atomic E-state index is 12.7. The molecule has 1 aromatic heterocycles. The molecule has 2 aliphatic rings. The standard InChI is InChI=1S/C34H37N3O3S/c1-36(2)31-7-5-8-32(23-31)37-20-17-34(18-21-37)16-15-29-22-28(13-14-33(29)40-34)27-11-9-26(10-12-27)24-41(38,39)25-30-6-3-4-19-35-30/h3-14,19,22-23H,15-18,20-21,24-25H2,1-2H3. The average molecular weight is 568 g/mol. The molecule has 0 unspecified atom stereocenters. The van der Waals surface area contributed by atoms with E-state index in [1.807, 2.05) is 30.3 Å². The summed E-state index contributed by atoms with van der Waals surface area (Å²) in [5.74, 6) is 0.951. The zero-order valence-corrected chi connectivity index (χ0v) is 24.6. The summed E-state index contributed by atoms with van der Waals surface area (Å²) in [5.41, 5.74) is 7.22. The molecule has 4 aromatic rings. The zero-order valence-electron chi connectivity index (χ0n) is 23.8. The first kappa shape index (κ1) is 27.3. The number of rotatable bonds is 7. The van der Waals surface area contributed by atoms with Crippen molar-refractivity contribution in [1.29, 1.82) is 0 Å². The molecule has 0 bridgehead atoms. The molecule has 3 heterocycles. The second-order valence-corrected chi connectivity index (χ2v) is 13.6. The highest BCUT2D eigenvalue weighted by Gasteiger charge is 2.39. The third kappa shape index (κ3) is 6.25. The molecular formula is C34H37N3O3S. The van der Waals surface area contributed by atoms with E-state index in [2.05, 4.69) is 71.3 Å². The van der Waals surface area contributed by atoms with Crippen LogP contribution in [0.2, 0.25) is 0 Å². The number of hydrogen-bond acceptors (Lipinski definition) is 6. The number of hydrogen-bond donors (Lipinski definition) is 0. The normalized spacial score (nSPS) is 16.2. The van der Waals surface area contributed by atoms with E-state index in [0.717, 1.165) is 61.2 Å². The van der Waals surface area contributed by atoms with Crippen molar-refractivity contribution >= 4 is 21.2 Å². The largest absolute Gasteiger partial charge is 0.487 e. The summed E-state index contributed by atoms with van der Waals surface area (Å²) in [5, 5.41) is 0. The zero-order chi connectivity index (χ0) is 28.5. The molecular weight excluding hydrogens is 530 g/mol. The maximum Gasteiger partial charge on any atom is 0.160 e. The fraction of sp³-hybridized carbons (Fsp3) is 0.324. The number of pyridine rings is 1. The lowest BCUT2D eigenvalue weighted by molar-refractivity contribution is 0.0226. The number of piperidine rings is 1. The van der Waals surface area contributed by atoms with Crippen molar-refractivity contribution in [3.63, 3.8) is 0 Å². The number of anilines is 2. The van der Waals surface area contributed by atoms with Crippen LogP contribution in [0.25, 0.3) is 11.1 Å². The molecule has 0 aliphatic carbocycles. The van der Waals surface area contributed by atoms with Crippen LogP contribution in [0, 0.1) is 0 Å². The first-order valence-electron chi connectivity index (χ1n) is 14.3. The van der Waals surface area contributed by atoms with Crippen molar-refractivity contribution in [2.75, 3.05) is 37.0 Å². The van der Waals surface area contributed by atoms with Gasteiger partial charge in [-0.15, -0.1) is 0 Å². The van der Waals surface area contributed by atoms with E-state index in [-0.39, 0.29) is 17.1 Å². The Morgan fingerprint density at radius 3 is 2.37 bits per heavy atom. The van der Waals surface area contributed by atoms with E-state index in [1.54, 1.807) is 18.3 Å². The van der Waals surface area contributed by atoms with Crippen molar-refractivity contribution in [1.82, 2.24) is 4.98 Å². The first-order valence-corrected chi connectivity index (χ1v) is 16.1. The molecule has 6 nitrogen and oxygen atoms in total. The van der Waals surface area contributed by atoms with Gasteiger partial charge in [0.15, 0.2) is 9.84 Å². The van der Waals surface area contributed by atoms with E-state index in [9.17, 15) is 8.42 Å². The smallest absolute Gasteiger partial charge is 0.160 e. The molecule has 0 radical (unpaired) electrons. The third-order valence-electron chi connectivity index (χ3n) is 8.39. The molecule has 2 aliphatic heterocycles. The fourth-order valence-corrected chi connectivity index (χ4v) is 7.42. The lowest BCUT2D eigenvalue weighted by Gasteiger charge is -2.45. The summed E-state index contributed by atoms with van der Waals surface area (Å²) in [4.78, 5) is 8.78. The van der Waals surface area contributed by atoms with Gasteiger partial charge in [-0.2, -0.15) is 0 Å². The molecule has 41 heavy (non-hydrogen) atoms. The van der Waals surface area contributed by atoms with Crippen molar-refractivity contribution in [2.24, 2.45) is 0 Å². The predicted molar refractivity (Wildman–Crippen MR) is 166 cm³/mol. The number of sulfone groups is 1. The van der Waals surface area contributed by atoms with E-state index in [1.165, 1.54) is 16.9 Å². The van der Waals surface area contributed by atoms with Gasteiger partial charge in [-0.05, 0) is 77.6 Å². The number of fused-ring (bicyclic) bond motifs is 1. The molecule has 7 heteroatoms. The van der Waals surface area contributed by atoms with Gasteiger partial charge < -0.3 is 14.5 Å². The summed E-state index contributed by atoms with van der Waals surface area (Å²) < 4.78 is 32.1. The highest BCUT2D eigenvalue weighted by Crippen LogP contribution is 2.41.